The van der Waals surface area contributed by atoms with Crippen LogP contribution in [0.5, 0.6) is 0 Å². The topological polar surface area (TPSA) is 90.0 Å². The number of anilines is 1. The lowest BCUT2D eigenvalue weighted by Crippen LogP contribution is -2.13. The quantitative estimate of drug-likeness (QED) is 0.600. The van der Waals surface area contributed by atoms with Crippen molar-refractivity contribution in [2.24, 2.45) is 0 Å². The molecule has 0 saturated heterocycles. The molecule has 0 aliphatic heterocycles. The highest BCUT2D eigenvalue weighted by Gasteiger charge is 2.17. The van der Waals surface area contributed by atoms with Crippen LogP contribution in [0, 0.1) is 12.7 Å². The van der Waals surface area contributed by atoms with Crippen LogP contribution in [0.4, 0.5) is 10.1 Å². The number of hydrogen-bond donors (Lipinski definition) is 1. The average molecular weight is 365 g/mol. The summed E-state index contributed by atoms with van der Waals surface area (Å²) in [5.74, 6) is -0.639. The number of nitrogens with one attached hydrogen (secondary N) is 1. The number of aromatic nitrogens is 6. The third kappa shape index (κ3) is 3.03. The molecule has 0 saturated carbocycles. The van der Waals surface area contributed by atoms with E-state index in [1.165, 1.54) is 23.1 Å². The van der Waals surface area contributed by atoms with E-state index in [0.717, 1.165) is 0 Å². The molecule has 8 nitrogen and oxygen atoms in total. The maximum atomic E-state index is 14.4. The third-order valence-electron chi connectivity index (χ3n) is 4.21. The number of fused-ring (bicyclic) bond motifs is 1. The predicted octanol–water partition coefficient (Wildman–Crippen LogP) is 2.71. The number of rotatable bonds is 4. The number of pyridine rings is 1. The fraction of sp³-hybridized carbons (Fsp3) is 0.167. The van der Waals surface area contributed by atoms with E-state index in [9.17, 15) is 9.18 Å². The van der Waals surface area contributed by atoms with Crippen LogP contribution in [0.3, 0.4) is 0 Å². The van der Waals surface area contributed by atoms with E-state index >= 15 is 0 Å². The standard InChI is InChI=1S/C18H16FN7O/c1-3-26-23-17(22-24-26)12-9-15(11(2)8-14(12)19)21-18(27)13-10-20-25-7-5-4-6-16(13)25/h4-10H,3H2,1-2H3,(H,21,27). The number of nitrogens with zero attached hydrogens (tertiary/aromatic N) is 6. The van der Waals surface area contributed by atoms with E-state index in [2.05, 4.69) is 25.8 Å². The van der Waals surface area contributed by atoms with Crippen molar-refractivity contribution >= 4 is 17.1 Å². The summed E-state index contributed by atoms with van der Waals surface area (Å²) < 4.78 is 16.0. The maximum absolute atomic E-state index is 14.4. The van der Waals surface area contributed by atoms with Gasteiger partial charge in [-0.15, -0.1) is 10.2 Å². The second-order valence-electron chi connectivity index (χ2n) is 5.99. The molecule has 1 aromatic carbocycles. The Labute approximate surface area is 153 Å². The SMILES string of the molecule is CCn1nnc(-c2cc(NC(=O)c3cnn4ccccc34)c(C)cc2F)n1. The lowest BCUT2D eigenvalue weighted by molar-refractivity contribution is 0.102. The van der Waals surface area contributed by atoms with Gasteiger partial charge in [0, 0.05) is 11.9 Å². The van der Waals surface area contributed by atoms with Crippen LogP contribution in [-0.2, 0) is 6.54 Å². The summed E-state index contributed by atoms with van der Waals surface area (Å²) in [4.78, 5) is 14.1. The smallest absolute Gasteiger partial charge is 0.259 e. The summed E-state index contributed by atoms with van der Waals surface area (Å²) >= 11 is 0. The second-order valence-corrected chi connectivity index (χ2v) is 5.99. The van der Waals surface area contributed by atoms with Crippen molar-refractivity contribution in [1.29, 1.82) is 0 Å². The first kappa shape index (κ1) is 16.8. The molecule has 1 amide bonds. The Hall–Kier alpha value is -3.62. The molecule has 0 atom stereocenters. The van der Waals surface area contributed by atoms with Gasteiger partial charge in [-0.05, 0) is 48.9 Å². The molecule has 4 aromatic rings. The summed E-state index contributed by atoms with van der Waals surface area (Å²) in [6.07, 6.45) is 3.26. The molecule has 136 valence electrons. The van der Waals surface area contributed by atoms with Crippen molar-refractivity contribution in [1.82, 2.24) is 29.8 Å². The van der Waals surface area contributed by atoms with Crippen LogP contribution < -0.4 is 5.32 Å². The molecule has 3 aromatic heterocycles. The fourth-order valence-electron chi connectivity index (χ4n) is 2.76. The number of carbonyl (C=O) groups excluding carboxylic acids is 1. The molecule has 1 N–H and O–H groups in total. The average Bonchev–Trinajstić information content (AvgIpc) is 3.30. The van der Waals surface area contributed by atoms with E-state index in [0.29, 0.717) is 28.9 Å². The van der Waals surface area contributed by atoms with Gasteiger partial charge in [0.15, 0.2) is 0 Å². The Bertz CT molecular complexity index is 1150. The summed E-state index contributed by atoms with van der Waals surface area (Å²) in [7, 11) is 0. The molecule has 0 aliphatic carbocycles. The fourth-order valence-corrected chi connectivity index (χ4v) is 2.76. The number of tetrazole rings is 1. The lowest BCUT2D eigenvalue weighted by atomic mass is 10.1. The molecular formula is C18H16FN7O. The molecular weight excluding hydrogens is 349 g/mol. The van der Waals surface area contributed by atoms with Crippen molar-refractivity contribution in [3.05, 3.63) is 59.7 Å². The minimum Gasteiger partial charge on any atom is -0.322 e. The molecule has 0 fully saturated rings. The second kappa shape index (κ2) is 6.60. The first-order valence-corrected chi connectivity index (χ1v) is 8.39. The largest absolute Gasteiger partial charge is 0.322 e. The van der Waals surface area contributed by atoms with Crippen molar-refractivity contribution in [3.63, 3.8) is 0 Å². The zero-order valence-electron chi connectivity index (χ0n) is 14.7. The van der Waals surface area contributed by atoms with Gasteiger partial charge in [0.05, 0.1) is 29.4 Å². The number of halogens is 1. The van der Waals surface area contributed by atoms with E-state index in [4.69, 9.17) is 0 Å². The number of carbonyl (C=O) groups is 1. The van der Waals surface area contributed by atoms with Gasteiger partial charge in [-0.25, -0.2) is 8.91 Å². The van der Waals surface area contributed by atoms with Gasteiger partial charge in [0.25, 0.3) is 5.91 Å². The molecule has 9 heteroatoms. The zero-order chi connectivity index (χ0) is 19.0. The number of hydrogen-bond acceptors (Lipinski definition) is 5. The van der Waals surface area contributed by atoms with Gasteiger partial charge in [-0.1, -0.05) is 6.07 Å². The summed E-state index contributed by atoms with van der Waals surface area (Å²) in [5.41, 5.74) is 2.34. The molecule has 27 heavy (non-hydrogen) atoms. The van der Waals surface area contributed by atoms with Crippen LogP contribution in [0.15, 0.2) is 42.7 Å². The van der Waals surface area contributed by atoms with Crippen LogP contribution >= 0.6 is 0 Å². The summed E-state index contributed by atoms with van der Waals surface area (Å²) in [6.45, 7) is 4.10. The summed E-state index contributed by atoms with van der Waals surface area (Å²) in [6, 6.07) is 8.32. The maximum Gasteiger partial charge on any atom is 0.259 e. The molecule has 0 unspecified atom stereocenters. The van der Waals surface area contributed by atoms with Gasteiger partial charge in [-0.3, -0.25) is 4.79 Å². The van der Waals surface area contributed by atoms with E-state index in [1.807, 2.05) is 19.1 Å². The Morgan fingerprint density at radius 2 is 2.15 bits per heavy atom. The van der Waals surface area contributed by atoms with E-state index < -0.39 is 5.82 Å². The van der Waals surface area contributed by atoms with Gasteiger partial charge in [0.2, 0.25) is 5.82 Å². The summed E-state index contributed by atoms with van der Waals surface area (Å²) in [5, 5.41) is 18.8. The van der Waals surface area contributed by atoms with Crippen molar-refractivity contribution in [2.75, 3.05) is 5.32 Å². The molecule has 0 bridgehead atoms. The highest BCUT2D eigenvalue weighted by molar-refractivity contribution is 6.09. The molecule has 4 rings (SSSR count). The minimum atomic E-state index is -0.475. The van der Waals surface area contributed by atoms with E-state index in [1.54, 1.807) is 23.7 Å². The number of amides is 1. The number of aryl methyl sites for hydroxylation is 2. The van der Waals surface area contributed by atoms with Crippen molar-refractivity contribution < 1.29 is 9.18 Å². The first-order chi connectivity index (χ1) is 13.1. The van der Waals surface area contributed by atoms with Crippen LogP contribution in [0.25, 0.3) is 16.9 Å². The zero-order valence-corrected chi connectivity index (χ0v) is 14.7. The Morgan fingerprint density at radius 3 is 2.93 bits per heavy atom. The minimum absolute atomic E-state index is 0.167. The number of benzene rings is 1. The van der Waals surface area contributed by atoms with Gasteiger partial charge >= 0.3 is 0 Å². The predicted molar refractivity (Wildman–Crippen MR) is 96.8 cm³/mol. The Balaban J connectivity index is 1.69. The van der Waals surface area contributed by atoms with Gasteiger partial charge in [0.1, 0.15) is 5.82 Å². The van der Waals surface area contributed by atoms with E-state index in [-0.39, 0.29) is 17.3 Å². The molecule has 0 spiro atoms. The third-order valence-corrected chi connectivity index (χ3v) is 4.21. The molecule has 0 radical (unpaired) electrons. The van der Waals surface area contributed by atoms with Crippen LogP contribution in [0.1, 0.15) is 22.8 Å². The van der Waals surface area contributed by atoms with Gasteiger partial charge in [-0.2, -0.15) is 9.90 Å². The first-order valence-electron chi connectivity index (χ1n) is 8.39. The lowest BCUT2D eigenvalue weighted by Gasteiger charge is -2.10. The highest BCUT2D eigenvalue weighted by Crippen LogP contribution is 2.27. The van der Waals surface area contributed by atoms with Gasteiger partial charge < -0.3 is 5.32 Å². The molecule has 3 heterocycles. The Kier molecular flexibility index (Phi) is 4.11. The van der Waals surface area contributed by atoms with Crippen LogP contribution in [-0.4, -0.2) is 35.7 Å². The van der Waals surface area contributed by atoms with Crippen LogP contribution in [0.2, 0.25) is 0 Å². The monoisotopic (exact) mass is 365 g/mol. The van der Waals surface area contributed by atoms with Crippen molar-refractivity contribution in [2.45, 2.75) is 20.4 Å². The highest BCUT2D eigenvalue weighted by atomic mass is 19.1. The molecule has 0 aliphatic rings. The normalized spacial score (nSPS) is 11.1. The Morgan fingerprint density at radius 1 is 1.30 bits per heavy atom. The van der Waals surface area contributed by atoms with Crippen molar-refractivity contribution in [3.8, 4) is 11.4 Å².